The second-order valence-corrected chi connectivity index (χ2v) is 21.8. The standard InChI is InChI=1S/C65H117NO10/c1-3-5-7-9-11-13-14-33-37-41-45-49-53-61(70)74-54-50-46-42-38-34-31-29-27-25-23-21-19-17-15-16-18-20-22-24-26-28-30-32-36-40-44-48-52-60(69)66-57(58(68)51-47-43-39-35-12-10-8-6-4-2)56-75-65-64(73)63(72)62(71)59(55-67)76-65/h4,6,12,15-16,19,21,35,47,51,57-59,62-65,67-68,71-73H,3,5,7-11,13-14,17-18,20,22-34,36-46,48-50,52-56H2,1-2H3,(H,66,69)/b6-4+,16-15-,21-19-,35-12+,51-47+. The average molecular weight is 1070 g/mol. The zero-order chi connectivity index (χ0) is 55.2. The SMILES string of the molecule is C/C=C/CC/C=C/CC/C=C/C(O)C(COC1OC(CO)C(O)C(O)C1O)NC(=O)CCCCCCCCCCCCC/C=C\C/C=C\CCCCCCCCCCCOC(=O)CCCCCCCCCCCCCC. The lowest BCUT2D eigenvalue weighted by atomic mass is 9.99. The maximum atomic E-state index is 13.0. The molecule has 7 unspecified atom stereocenters. The summed E-state index contributed by atoms with van der Waals surface area (Å²) in [7, 11) is 0. The van der Waals surface area contributed by atoms with Crippen molar-refractivity contribution in [3.63, 3.8) is 0 Å². The Hall–Kier alpha value is -2.64. The van der Waals surface area contributed by atoms with E-state index in [-0.39, 0.29) is 18.5 Å². The zero-order valence-electron chi connectivity index (χ0n) is 48.7. The second kappa shape index (κ2) is 54.3. The highest BCUT2D eigenvalue weighted by atomic mass is 16.7. The average Bonchev–Trinajstić information content (AvgIpc) is 3.42. The van der Waals surface area contributed by atoms with Crippen molar-refractivity contribution in [2.75, 3.05) is 19.8 Å². The van der Waals surface area contributed by atoms with E-state index in [4.69, 9.17) is 14.2 Å². The molecule has 1 amide bonds. The Kier molecular flexibility index (Phi) is 51.0. The third kappa shape index (κ3) is 43.3. The molecule has 442 valence electrons. The number of unbranched alkanes of at least 4 members (excludes halogenated alkanes) is 33. The molecule has 0 bridgehead atoms. The monoisotopic (exact) mass is 1070 g/mol. The highest BCUT2D eigenvalue weighted by Gasteiger charge is 2.44. The summed E-state index contributed by atoms with van der Waals surface area (Å²) in [6, 6.07) is -0.836. The fraction of sp³-hybridized carbons (Fsp3) is 0.815. The molecular weight excluding hydrogens is 955 g/mol. The molecule has 1 rings (SSSR count). The lowest BCUT2D eigenvalue weighted by Gasteiger charge is -2.40. The van der Waals surface area contributed by atoms with E-state index in [1.54, 1.807) is 6.08 Å². The van der Waals surface area contributed by atoms with Crippen LogP contribution in [0.25, 0.3) is 0 Å². The number of aliphatic hydroxyl groups excluding tert-OH is 5. The van der Waals surface area contributed by atoms with Crippen molar-refractivity contribution >= 4 is 11.9 Å². The van der Waals surface area contributed by atoms with Gasteiger partial charge in [0, 0.05) is 12.8 Å². The van der Waals surface area contributed by atoms with Gasteiger partial charge in [-0.1, -0.05) is 241 Å². The first-order valence-electron chi connectivity index (χ1n) is 31.5. The lowest BCUT2D eigenvalue weighted by Crippen LogP contribution is -2.60. The number of aliphatic hydroxyl groups is 5. The highest BCUT2D eigenvalue weighted by Crippen LogP contribution is 2.23. The topological polar surface area (TPSA) is 175 Å². The van der Waals surface area contributed by atoms with Gasteiger partial charge in [0.1, 0.15) is 24.4 Å². The van der Waals surface area contributed by atoms with E-state index < -0.39 is 49.5 Å². The van der Waals surface area contributed by atoms with E-state index in [2.05, 4.69) is 54.8 Å². The van der Waals surface area contributed by atoms with Gasteiger partial charge in [-0.25, -0.2) is 0 Å². The van der Waals surface area contributed by atoms with Gasteiger partial charge in [0.05, 0.1) is 32.0 Å². The summed E-state index contributed by atoms with van der Waals surface area (Å²) >= 11 is 0. The van der Waals surface area contributed by atoms with Gasteiger partial charge in [-0.3, -0.25) is 9.59 Å². The van der Waals surface area contributed by atoms with E-state index in [1.807, 2.05) is 19.1 Å². The number of amides is 1. The quantitative estimate of drug-likeness (QED) is 0.0195. The molecule has 1 fully saturated rings. The van der Waals surface area contributed by atoms with Gasteiger partial charge >= 0.3 is 5.97 Å². The number of hydrogen-bond acceptors (Lipinski definition) is 10. The molecule has 0 radical (unpaired) electrons. The van der Waals surface area contributed by atoms with Crippen molar-refractivity contribution < 1.29 is 49.3 Å². The minimum atomic E-state index is -1.58. The fourth-order valence-electron chi connectivity index (χ4n) is 9.68. The third-order valence-corrected chi connectivity index (χ3v) is 14.7. The van der Waals surface area contributed by atoms with Crippen LogP contribution < -0.4 is 5.32 Å². The molecule has 0 aromatic rings. The molecule has 11 nitrogen and oxygen atoms in total. The summed E-state index contributed by atoms with van der Waals surface area (Å²) in [4.78, 5) is 25.0. The van der Waals surface area contributed by atoms with Crippen molar-refractivity contribution in [3.8, 4) is 0 Å². The molecule has 1 heterocycles. The number of nitrogens with one attached hydrogen (secondary N) is 1. The molecule has 0 aliphatic carbocycles. The Morgan fingerprint density at radius 3 is 1.45 bits per heavy atom. The van der Waals surface area contributed by atoms with Gasteiger partial charge in [0.15, 0.2) is 6.29 Å². The Balaban J connectivity index is 1.99. The summed E-state index contributed by atoms with van der Waals surface area (Å²) in [5, 5.41) is 54.1. The Morgan fingerprint density at radius 1 is 0.513 bits per heavy atom. The van der Waals surface area contributed by atoms with Crippen LogP contribution in [-0.4, -0.2) is 100 Å². The number of hydrogen-bond donors (Lipinski definition) is 6. The van der Waals surface area contributed by atoms with Crippen molar-refractivity contribution in [1.29, 1.82) is 0 Å². The van der Waals surface area contributed by atoms with Crippen molar-refractivity contribution in [2.45, 2.75) is 320 Å². The van der Waals surface area contributed by atoms with Crippen LogP contribution in [0, 0.1) is 0 Å². The Labute approximate surface area is 465 Å². The first-order chi connectivity index (χ1) is 37.2. The first-order valence-corrected chi connectivity index (χ1v) is 31.5. The summed E-state index contributed by atoms with van der Waals surface area (Å²) in [5.74, 6) is -0.203. The van der Waals surface area contributed by atoms with Gasteiger partial charge in [-0.05, 0) is 84.0 Å². The Morgan fingerprint density at radius 2 is 0.947 bits per heavy atom. The number of allylic oxidation sites excluding steroid dienone is 9. The smallest absolute Gasteiger partial charge is 0.305 e. The van der Waals surface area contributed by atoms with Gasteiger partial charge in [-0.2, -0.15) is 0 Å². The predicted molar refractivity (Wildman–Crippen MR) is 315 cm³/mol. The molecule has 0 aromatic carbocycles. The molecule has 1 aliphatic heterocycles. The van der Waals surface area contributed by atoms with Crippen LogP contribution in [0.1, 0.15) is 277 Å². The van der Waals surface area contributed by atoms with E-state index in [9.17, 15) is 35.1 Å². The van der Waals surface area contributed by atoms with E-state index in [0.717, 1.165) is 77.0 Å². The molecule has 1 saturated heterocycles. The molecule has 11 heteroatoms. The van der Waals surface area contributed by atoms with Crippen LogP contribution in [0.5, 0.6) is 0 Å². The first kappa shape index (κ1) is 71.4. The number of esters is 1. The van der Waals surface area contributed by atoms with E-state index >= 15 is 0 Å². The summed E-state index contributed by atoms with van der Waals surface area (Å²) in [6.45, 7) is 4.09. The molecule has 76 heavy (non-hydrogen) atoms. The minimum absolute atomic E-state index is 0.000529. The van der Waals surface area contributed by atoms with Gasteiger partial charge in [0.2, 0.25) is 5.91 Å². The number of ether oxygens (including phenoxy) is 3. The van der Waals surface area contributed by atoms with E-state index in [0.29, 0.717) is 19.4 Å². The van der Waals surface area contributed by atoms with Crippen LogP contribution in [0.3, 0.4) is 0 Å². The molecular formula is C65H117NO10. The summed E-state index contributed by atoms with van der Waals surface area (Å²) in [6.07, 6.45) is 60.8. The number of carbonyl (C=O) groups is 2. The van der Waals surface area contributed by atoms with Gasteiger partial charge in [0.25, 0.3) is 0 Å². The number of rotatable bonds is 54. The lowest BCUT2D eigenvalue weighted by molar-refractivity contribution is -0.302. The zero-order valence-corrected chi connectivity index (χ0v) is 48.7. The van der Waals surface area contributed by atoms with Crippen LogP contribution in [0.15, 0.2) is 60.8 Å². The highest BCUT2D eigenvalue weighted by molar-refractivity contribution is 5.76. The van der Waals surface area contributed by atoms with Crippen molar-refractivity contribution in [2.24, 2.45) is 0 Å². The third-order valence-electron chi connectivity index (χ3n) is 14.7. The Bertz CT molecular complexity index is 1450. The van der Waals surface area contributed by atoms with Crippen LogP contribution in [0.4, 0.5) is 0 Å². The summed E-state index contributed by atoms with van der Waals surface area (Å²) in [5.41, 5.74) is 0. The number of carbonyl (C=O) groups excluding carboxylic acids is 2. The maximum Gasteiger partial charge on any atom is 0.305 e. The molecule has 0 spiro atoms. The maximum absolute atomic E-state index is 13.0. The predicted octanol–water partition coefficient (Wildman–Crippen LogP) is 15.0. The van der Waals surface area contributed by atoms with Gasteiger partial charge < -0.3 is 45.1 Å². The van der Waals surface area contributed by atoms with Crippen molar-refractivity contribution in [1.82, 2.24) is 5.32 Å². The van der Waals surface area contributed by atoms with E-state index in [1.165, 1.54) is 173 Å². The molecule has 6 N–H and O–H groups in total. The molecule has 7 atom stereocenters. The van der Waals surface area contributed by atoms with Crippen LogP contribution in [-0.2, 0) is 23.8 Å². The second-order valence-electron chi connectivity index (χ2n) is 21.8. The molecule has 1 aliphatic rings. The molecule has 0 saturated carbocycles. The largest absolute Gasteiger partial charge is 0.466 e. The fourth-order valence-corrected chi connectivity index (χ4v) is 9.68. The van der Waals surface area contributed by atoms with Crippen molar-refractivity contribution in [3.05, 3.63) is 60.8 Å². The van der Waals surface area contributed by atoms with Gasteiger partial charge in [-0.15, -0.1) is 0 Å². The van der Waals surface area contributed by atoms with Crippen LogP contribution in [0.2, 0.25) is 0 Å². The van der Waals surface area contributed by atoms with Crippen LogP contribution >= 0.6 is 0 Å². The normalized spacial score (nSPS) is 19.1. The summed E-state index contributed by atoms with van der Waals surface area (Å²) < 4.78 is 16.6. The molecule has 0 aromatic heterocycles. The minimum Gasteiger partial charge on any atom is -0.466 e.